The molecule has 66 valence electrons. The summed E-state index contributed by atoms with van der Waals surface area (Å²) in [6, 6.07) is 4.53. The molecule has 0 aliphatic carbocycles. The number of hydrogen-bond donors (Lipinski definition) is 1. The molecule has 1 aromatic carbocycles. The van der Waals surface area contributed by atoms with Crippen molar-refractivity contribution in [3.63, 3.8) is 0 Å². The maximum Gasteiger partial charge on any atom is 0.165 e. The van der Waals surface area contributed by atoms with Crippen molar-refractivity contribution >= 4 is 0 Å². The molecule has 2 heteroatoms. The number of benzene rings is 1. The van der Waals surface area contributed by atoms with Gasteiger partial charge in [0.2, 0.25) is 0 Å². The van der Waals surface area contributed by atoms with E-state index < -0.39 is 5.82 Å². The van der Waals surface area contributed by atoms with E-state index in [2.05, 4.69) is 13.8 Å². The van der Waals surface area contributed by atoms with Crippen molar-refractivity contribution in [2.24, 2.45) is 5.92 Å². The number of rotatable bonds is 2. The molecule has 0 aliphatic heterocycles. The standard InChI is InChI=1S/C10H13FO/c1-7(2)5-8-3-4-10(12)9(11)6-8/h3-4,6-7,12H,5H2,1-2H3. The molecule has 0 bridgehead atoms. The maximum atomic E-state index is 12.8. The van der Waals surface area contributed by atoms with Gasteiger partial charge < -0.3 is 5.11 Å². The summed E-state index contributed by atoms with van der Waals surface area (Å²) < 4.78 is 12.8. The molecule has 0 radical (unpaired) electrons. The Bertz CT molecular complexity index is 269. The molecule has 0 unspecified atom stereocenters. The third-order valence-electron chi connectivity index (χ3n) is 1.66. The maximum absolute atomic E-state index is 12.8. The summed E-state index contributed by atoms with van der Waals surface area (Å²) in [5, 5.41) is 8.90. The van der Waals surface area contributed by atoms with Crippen LogP contribution in [0.25, 0.3) is 0 Å². The molecule has 0 atom stereocenters. The molecule has 1 nitrogen and oxygen atoms in total. The molecule has 0 spiro atoms. The quantitative estimate of drug-likeness (QED) is 0.719. The van der Waals surface area contributed by atoms with Crippen LogP contribution in [0.5, 0.6) is 5.75 Å². The summed E-state index contributed by atoms with van der Waals surface area (Å²) in [5.41, 5.74) is 0.931. The first-order valence-corrected chi connectivity index (χ1v) is 4.07. The van der Waals surface area contributed by atoms with Crippen LogP contribution in [0, 0.1) is 11.7 Å². The van der Waals surface area contributed by atoms with Gasteiger partial charge in [-0.25, -0.2) is 4.39 Å². The van der Waals surface area contributed by atoms with E-state index in [1.807, 2.05) is 0 Å². The molecule has 1 N–H and O–H groups in total. The van der Waals surface area contributed by atoms with E-state index >= 15 is 0 Å². The fraction of sp³-hybridized carbons (Fsp3) is 0.400. The van der Waals surface area contributed by atoms with Crippen molar-refractivity contribution in [2.45, 2.75) is 20.3 Å². The molecule has 0 aromatic heterocycles. The Morgan fingerprint density at radius 1 is 1.42 bits per heavy atom. The van der Waals surface area contributed by atoms with Gasteiger partial charge in [-0.3, -0.25) is 0 Å². The monoisotopic (exact) mass is 168 g/mol. The third kappa shape index (κ3) is 2.22. The highest BCUT2D eigenvalue weighted by Crippen LogP contribution is 2.17. The van der Waals surface area contributed by atoms with Crippen molar-refractivity contribution < 1.29 is 9.50 Å². The van der Waals surface area contributed by atoms with Gasteiger partial charge >= 0.3 is 0 Å². The highest BCUT2D eigenvalue weighted by Gasteiger charge is 2.02. The summed E-state index contributed by atoms with van der Waals surface area (Å²) in [4.78, 5) is 0. The van der Waals surface area contributed by atoms with Crippen LogP contribution in [0.1, 0.15) is 19.4 Å². The van der Waals surface area contributed by atoms with Crippen LogP contribution in [0.3, 0.4) is 0 Å². The van der Waals surface area contributed by atoms with Gasteiger partial charge in [-0.1, -0.05) is 19.9 Å². The number of halogens is 1. The van der Waals surface area contributed by atoms with E-state index in [4.69, 9.17) is 5.11 Å². The van der Waals surface area contributed by atoms with E-state index in [1.165, 1.54) is 12.1 Å². The van der Waals surface area contributed by atoms with E-state index in [0.717, 1.165) is 12.0 Å². The Hall–Kier alpha value is -1.05. The zero-order chi connectivity index (χ0) is 9.14. The fourth-order valence-corrected chi connectivity index (χ4v) is 1.15. The molecule has 0 saturated carbocycles. The lowest BCUT2D eigenvalue weighted by molar-refractivity contribution is 0.431. The Labute approximate surface area is 71.9 Å². The number of aromatic hydroxyl groups is 1. The minimum Gasteiger partial charge on any atom is -0.505 e. The van der Waals surface area contributed by atoms with Crippen LogP contribution in [0.2, 0.25) is 0 Å². The second-order valence-corrected chi connectivity index (χ2v) is 3.38. The smallest absolute Gasteiger partial charge is 0.165 e. The second kappa shape index (κ2) is 3.57. The van der Waals surface area contributed by atoms with Crippen molar-refractivity contribution in [3.05, 3.63) is 29.6 Å². The van der Waals surface area contributed by atoms with Crippen LogP contribution in [0.15, 0.2) is 18.2 Å². The molecule has 0 heterocycles. The number of hydrogen-bond acceptors (Lipinski definition) is 1. The first-order valence-electron chi connectivity index (χ1n) is 4.07. The molecule has 0 amide bonds. The zero-order valence-corrected chi connectivity index (χ0v) is 7.34. The number of phenolic OH excluding ortho intramolecular Hbond substituents is 1. The van der Waals surface area contributed by atoms with E-state index in [-0.39, 0.29) is 5.75 Å². The van der Waals surface area contributed by atoms with Crippen molar-refractivity contribution in [2.75, 3.05) is 0 Å². The lowest BCUT2D eigenvalue weighted by Crippen LogP contribution is -1.94. The Morgan fingerprint density at radius 3 is 2.58 bits per heavy atom. The van der Waals surface area contributed by atoms with Gasteiger partial charge in [0.25, 0.3) is 0 Å². The summed E-state index contributed by atoms with van der Waals surface area (Å²) >= 11 is 0. The normalized spacial score (nSPS) is 10.7. The summed E-state index contributed by atoms with van der Waals surface area (Å²) in [7, 11) is 0. The summed E-state index contributed by atoms with van der Waals surface area (Å²) in [6.45, 7) is 4.15. The average Bonchev–Trinajstić information content (AvgIpc) is 1.96. The van der Waals surface area contributed by atoms with Crippen LogP contribution in [-0.4, -0.2) is 5.11 Å². The Balaban J connectivity index is 2.82. The molecule has 0 saturated heterocycles. The van der Waals surface area contributed by atoms with Crippen molar-refractivity contribution in [3.8, 4) is 5.75 Å². The first-order chi connectivity index (χ1) is 5.59. The van der Waals surface area contributed by atoms with Crippen LogP contribution >= 0.6 is 0 Å². The predicted molar refractivity (Wildman–Crippen MR) is 46.6 cm³/mol. The van der Waals surface area contributed by atoms with Crippen molar-refractivity contribution in [1.82, 2.24) is 0 Å². The zero-order valence-electron chi connectivity index (χ0n) is 7.34. The third-order valence-corrected chi connectivity index (χ3v) is 1.66. The topological polar surface area (TPSA) is 20.2 Å². The molecule has 1 aromatic rings. The molecule has 1 rings (SSSR count). The lowest BCUT2D eigenvalue weighted by Gasteiger charge is -2.04. The minimum absolute atomic E-state index is 0.275. The molecule has 12 heavy (non-hydrogen) atoms. The molecular formula is C10H13FO. The minimum atomic E-state index is -0.534. The summed E-state index contributed by atoms with van der Waals surface area (Å²) in [6.07, 6.45) is 0.844. The fourth-order valence-electron chi connectivity index (χ4n) is 1.15. The van der Waals surface area contributed by atoms with E-state index in [1.54, 1.807) is 6.07 Å². The van der Waals surface area contributed by atoms with Gasteiger partial charge in [0.1, 0.15) is 0 Å². The molecular weight excluding hydrogens is 155 g/mol. The van der Waals surface area contributed by atoms with Crippen molar-refractivity contribution in [1.29, 1.82) is 0 Å². The SMILES string of the molecule is CC(C)Cc1ccc(O)c(F)c1. The Kier molecular flexibility index (Phi) is 2.69. The predicted octanol–water partition coefficient (Wildman–Crippen LogP) is 2.73. The second-order valence-electron chi connectivity index (χ2n) is 3.38. The van der Waals surface area contributed by atoms with Crippen LogP contribution < -0.4 is 0 Å². The highest BCUT2D eigenvalue weighted by atomic mass is 19.1. The van der Waals surface area contributed by atoms with E-state index in [0.29, 0.717) is 5.92 Å². The van der Waals surface area contributed by atoms with Crippen LogP contribution in [0.4, 0.5) is 4.39 Å². The number of phenols is 1. The Morgan fingerprint density at radius 2 is 2.08 bits per heavy atom. The van der Waals surface area contributed by atoms with Gasteiger partial charge in [-0.2, -0.15) is 0 Å². The van der Waals surface area contributed by atoms with Gasteiger partial charge in [-0.15, -0.1) is 0 Å². The lowest BCUT2D eigenvalue weighted by atomic mass is 10.0. The highest BCUT2D eigenvalue weighted by molar-refractivity contribution is 5.28. The largest absolute Gasteiger partial charge is 0.505 e. The van der Waals surface area contributed by atoms with Gasteiger partial charge in [0.05, 0.1) is 0 Å². The average molecular weight is 168 g/mol. The van der Waals surface area contributed by atoms with Gasteiger partial charge in [0.15, 0.2) is 11.6 Å². The summed E-state index contributed by atoms with van der Waals surface area (Å²) in [5.74, 6) is -0.301. The first kappa shape index (κ1) is 9.04. The molecule has 0 aliphatic rings. The molecule has 0 fully saturated rings. The van der Waals surface area contributed by atoms with E-state index in [9.17, 15) is 4.39 Å². The van der Waals surface area contributed by atoms with Crippen LogP contribution in [-0.2, 0) is 6.42 Å². The van der Waals surface area contributed by atoms with Gasteiger partial charge in [-0.05, 0) is 30.0 Å². The van der Waals surface area contributed by atoms with Gasteiger partial charge in [0, 0.05) is 0 Å².